The van der Waals surface area contributed by atoms with Gasteiger partial charge in [-0.2, -0.15) is 5.10 Å². The first-order valence-electron chi connectivity index (χ1n) is 5.55. The minimum Gasteiger partial charge on any atom is -0.481 e. The molecule has 4 nitrogen and oxygen atoms in total. The molecule has 94 valence electrons. The number of nitrogens with zero attached hydrogens (tertiary/aromatic N) is 2. The van der Waals surface area contributed by atoms with Gasteiger partial charge in [0, 0.05) is 0 Å². The van der Waals surface area contributed by atoms with E-state index in [2.05, 4.69) is 5.10 Å². The predicted molar refractivity (Wildman–Crippen MR) is 68.8 cm³/mol. The van der Waals surface area contributed by atoms with Gasteiger partial charge in [0.05, 0.1) is 23.5 Å². The number of carboxylic acid groups (broad SMARTS) is 1. The number of benzene rings is 1. The molecule has 0 saturated carbocycles. The molecular weight excluding hydrogens is 252 g/mol. The molecule has 0 radical (unpaired) electrons. The number of carbonyl (C=O) groups is 1. The lowest BCUT2D eigenvalue weighted by molar-refractivity contribution is -0.139. The molecule has 0 saturated heterocycles. The topological polar surface area (TPSA) is 55.1 Å². The molecule has 1 aromatic heterocycles. The molecule has 0 bridgehead atoms. The lowest BCUT2D eigenvalue weighted by Crippen LogP contribution is -2.19. The summed E-state index contributed by atoms with van der Waals surface area (Å²) in [4.78, 5) is 11.3. The Bertz CT molecular complexity index is 551. The zero-order chi connectivity index (χ0) is 13.1. The molecule has 0 aliphatic rings. The third kappa shape index (κ3) is 2.54. The maximum absolute atomic E-state index is 11.3. The van der Waals surface area contributed by atoms with Crippen LogP contribution in [0.3, 0.4) is 0 Å². The summed E-state index contributed by atoms with van der Waals surface area (Å²) in [5, 5.41) is 13.9. The van der Waals surface area contributed by atoms with E-state index in [4.69, 9.17) is 11.6 Å². The first-order valence-corrected chi connectivity index (χ1v) is 5.93. The lowest BCUT2D eigenvalue weighted by Gasteiger charge is -2.14. The standard InChI is InChI=1S/C13H13ClN2O2/c1-9-12(14)7-15-16(9)8-11(13(17)18)10-5-3-2-4-6-10/h2-7,11H,8H2,1H3,(H,17,18). The van der Waals surface area contributed by atoms with Crippen LogP contribution in [0.2, 0.25) is 5.02 Å². The Balaban J connectivity index is 2.28. The summed E-state index contributed by atoms with van der Waals surface area (Å²) in [6, 6.07) is 9.12. The number of carboxylic acids is 1. The largest absolute Gasteiger partial charge is 0.481 e. The van der Waals surface area contributed by atoms with Crippen LogP contribution in [0, 0.1) is 6.92 Å². The summed E-state index contributed by atoms with van der Waals surface area (Å²) in [5.41, 5.74) is 1.54. The molecule has 0 aliphatic heterocycles. The Morgan fingerprint density at radius 1 is 1.44 bits per heavy atom. The van der Waals surface area contributed by atoms with Gasteiger partial charge in [-0.25, -0.2) is 0 Å². The number of hydrogen-bond donors (Lipinski definition) is 1. The molecule has 1 heterocycles. The van der Waals surface area contributed by atoms with Crippen molar-refractivity contribution >= 4 is 17.6 Å². The quantitative estimate of drug-likeness (QED) is 0.924. The summed E-state index contributed by atoms with van der Waals surface area (Å²) in [5.74, 6) is -1.49. The summed E-state index contributed by atoms with van der Waals surface area (Å²) in [7, 11) is 0. The molecule has 5 heteroatoms. The third-order valence-electron chi connectivity index (χ3n) is 2.90. The number of aromatic nitrogens is 2. The second-order valence-electron chi connectivity index (χ2n) is 4.06. The molecule has 2 rings (SSSR count). The van der Waals surface area contributed by atoms with Crippen LogP contribution in [0.5, 0.6) is 0 Å². The number of rotatable bonds is 4. The Morgan fingerprint density at radius 3 is 2.61 bits per heavy atom. The fraction of sp³-hybridized carbons (Fsp3) is 0.231. The Hall–Kier alpha value is -1.81. The molecule has 0 aliphatic carbocycles. The van der Waals surface area contributed by atoms with Gasteiger partial charge in [0.2, 0.25) is 0 Å². The zero-order valence-electron chi connectivity index (χ0n) is 9.88. The van der Waals surface area contributed by atoms with E-state index in [1.54, 1.807) is 16.8 Å². The van der Waals surface area contributed by atoms with Crippen LogP contribution in [-0.2, 0) is 11.3 Å². The van der Waals surface area contributed by atoms with Gasteiger partial charge in [-0.15, -0.1) is 0 Å². The van der Waals surface area contributed by atoms with Crippen molar-refractivity contribution in [1.82, 2.24) is 9.78 Å². The van der Waals surface area contributed by atoms with Crippen molar-refractivity contribution in [2.45, 2.75) is 19.4 Å². The second kappa shape index (κ2) is 5.23. The number of halogens is 1. The van der Waals surface area contributed by atoms with E-state index in [1.807, 2.05) is 25.1 Å². The molecular formula is C13H13ClN2O2. The third-order valence-corrected chi connectivity index (χ3v) is 3.27. The highest BCUT2D eigenvalue weighted by Gasteiger charge is 2.21. The van der Waals surface area contributed by atoms with Crippen LogP contribution in [-0.4, -0.2) is 20.9 Å². The van der Waals surface area contributed by atoms with Gasteiger partial charge in [-0.3, -0.25) is 9.48 Å². The Morgan fingerprint density at radius 2 is 2.11 bits per heavy atom. The monoisotopic (exact) mass is 264 g/mol. The van der Waals surface area contributed by atoms with E-state index in [0.29, 0.717) is 5.02 Å². The molecule has 0 spiro atoms. The molecule has 1 atom stereocenters. The highest BCUT2D eigenvalue weighted by molar-refractivity contribution is 6.31. The van der Waals surface area contributed by atoms with E-state index >= 15 is 0 Å². The number of hydrogen-bond acceptors (Lipinski definition) is 2. The fourth-order valence-corrected chi connectivity index (χ4v) is 1.93. The van der Waals surface area contributed by atoms with Crippen LogP contribution < -0.4 is 0 Å². The molecule has 1 aromatic carbocycles. The SMILES string of the molecule is Cc1c(Cl)cnn1CC(C(=O)O)c1ccccc1. The van der Waals surface area contributed by atoms with Gasteiger partial charge in [-0.1, -0.05) is 41.9 Å². The average molecular weight is 265 g/mol. The maximum Gasteiger partial charge on any atom is 0.312 e. The predicted octanol–water partition coefficient (Wildman–Crippen LogP) is 2.71. The van der Waals surface area contributed by atoms with E-state index < -0.39 is 11.9 Å². The molecule has 0 fully saturated rings. The minimum atomic E-state index is -0.868. The molecule has 18 heavy (non-hydrogen) atoms. The van der Waals surface area contributed by atoms with Gasteiger partial charge in [0.15, 0.2) is 0 Å². The zero-order valence-corrected chi connectivity index (χ0v) is 10.6. The first kappa shape index (κ1) is 12.6. The normalized spacial score (nSPS) is 12.3. The molecule has 2 aromatic rings. The minimum absolute atomic E-state index is 0.276. The summed E-state index contributed by atoms with van der Waals surface area (Å²) in [6.45, 7) is 2.09. The molecule has 1 unspecified atom stereocenters. The van der Waals surface area contributed by atoms with Crippen LogP contribution in [0.1, 0.15) is 17.2 Å². The van der Waals surface area contributed by atoms with E-state index in [9.17, 15) is 9.90 Å². The lowest BCUT2D eigenvalue weighted by atomic mass is 9.99. The van der Waals surface area contributed by atoms with E-state index in [-0.39, 0.29) is 6.54 Å². The van der Waals surface area contributed by atoms with Crippen LogP contribution >= 0.6 is 11.6 Å². The average Bonchev–Trinajstić information content (AvgIpc) is 2.68. The summed E-state index contributed by atoms with van der Waals surface area (Å²) in [6.07, 6.45) is 1.53. The van der Waals surface area contributed by atoms with Crippen molar-refractivity contribution in [2.75, 3.05) is 0 Å². The summed E-state index contributed by atoms with van der Waals surface area (Å²) < 4.78 is 1.62. The fourth-order valence-electron chi connectivity index (χ4n) is 1.79. The highest BCUT2D eigenvalue weighted by atomic mass is 35.5. The van der Waals surface area contributed by atoms with Gasteiger partial charge in [0.1, 0.15) is 5.92 Å². The van der Waals surface area contributed by atoms with Crippen LogP contribution in [0.4, 0.5) is 0 Å². The summed E-state index contributed by atoms with van der Waals surface area (Å²) >= 11 is 5.91. The molecule has 0 amide bonds. The van der Waals surface area contributed by atoms with Crippen LogP contribution in [0.15, 0.2) is 36.5 Å². The van der Waals surface area contributed by atoms with Crippen molar-refractivity contribution in [2.24, 2.45) is 0 Å². The first-order chi connectivity index (χ1) is 8.59. The van der Waals surface area contributed by atoms with Gasteiger partial charge >= 0.3 is 5.97 Å². The van der Waals surface area contributed by atoms with Crippen molar-refractivity contribution in [3.63, 3.8) is 0 Å². The van der Waals surface area contributed by atoms with Gasteiger partial charge < -0.3 is 5.11 Å². The maximum atomic E-state index is 11.3. The van der Waals surface area contributed by atoms with Crippen LogP contribution in [0.25, 0.3) is 0 Å². The van der Waals surface area contributed by atoms with E-state index in [1.165, 1.54) is 6.20 Å². The number of aliphatic carboxylic acids is 1. The smallest absolute Gasteiger partial charge is 0.312 e. The second-order valence-corrected chi connectivity index (χ2v) is 4.47. The van der Waals surface area contributed by atoms with Crippen molar-refractivity contribution in [1.29, 1.82) is 0 Å². The van der Waals surface area contributed by atoms with Crippen molar-refractivity contribution in [3.05, 3.63) is 52.8 Å². The Labute approximate surface area is 110 Å². The van der Waals surface area contributed by atoms with Gasteiger partial charge in [-0.05, 0) is 12.5 Å². The molecule has 1 N–H and O–H groups in total. The van der Waals surface area contributed by atoms with Gasteiger partial charge in [0.25, 0.3) is 0 Å². The van der Waals surface area contributed by atoms with Crippen molar-refractivity contribution in [3.8, 4) is 0 Å². The Kier molecular flexibility index (Phi) is 3.67. The van der Waals surface area contributed by atoms with E-state index in [0.717, 1.165) is 11.3 Å². The van der Waals surface area contributed by atoms with Crippen molar-refractivity contribution < 1.29 is 9.90 Å². The highest BCUT2D eigenvalue weighted by Crippen LogP contribution is 2.21.